The quantitative estimate of drug-likeness (QED) is 0.228. The van der Waals surface area contributed by atoms with E-state index >= 15 is 0 Å². The van der Waals surface area contributed by atoms with Gasteiger partial charge in [-0.15, -0.1) is 0 Å². The van der Waals surface area contributed by atoms with Crippen molar-refractivity contribution in [2.75, 3.05) is 32.2 Å². The lowest BCUT2D eigenvalue weighted by atomic mass is 9.91. The van der Waals surface area contributed by atoms with Gasteiger partial charge in [0, 0.05) is 60.1 Å². The molecule has 5 aromatic rings. The summed E-state index contributed by atoms with van der Waals surface area (Å²) in [4.78, 5) is 19.9. The van der Waals surface area contributed by atoms with Crippen LogP contribution in [0.1, 0.15) is 28.4 Å². The second kappa shape index (κ2) is 9.98. The molecule has 7 nitrogen and oxygen atoms in total. The minimum Gasteiger partial charge on any atom is -0.493 e. The standard InChI is InChI=1S/C32H31N3O4/c1-5-35(13-12-21-18-34(2)26-9-7-6-8-24(21)26)29-11-10-20(17-33-29)30-25-16-28(38-4)27(37-3)15-22(25)14-23-19-39-32(36)31(23)30/h6-11,14-18H,5,12-13,19H2,1-4H3. The Labute approximate surface area is 227 Å². The molecule has 2 aromatic heterocycles. The summed E-state index contributed by atoms with van der Waals surface area (Å²) < 4.78 is 18.7. The number of fused-ring (bicyclic) bond motifs is 3. The van der Waals surface area contributed by atoms with Crippen LogP contribution in [0.3, 0.4) is 0 Å². The molecule has 1 aliphatic rings. The molecule has 0 unspecified atom stereocenters. The lowest BCUT2D eigenvalue weighted by molar-refractivity contribution is 0.0535. The maximum Gasteiger partial charge on any atom is 0.339 e. The summed E-state index contributed by atoms with van der Waals surface area (Å²) in [5.41, 5.74) is 5.70. The number of anilines is 1. The molecule has 1 aliphatic heterocycles. The van der Waals surface area contributed by atoms with Crippen molar-refractivity contribution in [3.05, 3.63) is 83.7 Å². The molecule has 0 atom stereocenters. The van der Waals surface area contributed by atoms with Gasteiger partial charge in [-0.3, -0.25) is 0 Å². The molecule has 0 fully saturated rings. The maximum atomic E-state index is 12.8. The Kier molecular flexibility index (Phi) is 6.35. The van der Waals surface area contributed by atoms with Gasteiger partial charge in [-0.05, 0) is 66.1 Å². The predicted molar refractivity (Wildman–Crippen MR) is 154 cm³/mol. The average molecular weight is 522 g/mol. The van der Waals surface area contributed by atoms with Gasteiger partial charge in [0.1, 0.15) is 12.4 Å². The Hall–Kier alpha value is -4.52. The Morgan fingerprint density at radius 2 is 1.79 bits per heavy atom. The van der Waals surface area contributed by atoms with E-state index in [1.807, 2.05) is 36.5 Å². The Morgan fingerprint density at radius 1 is 1.00 bits per heavy atom. The Balaban J connectivity index is 1.35. The highest BCUT2D eigenvalue weighted by molar-refractivity contribution is 6.11. The molecular formula is C32H31N3O4. The smallest absolute Gasteiger partial charge is 0.339 e. The van der Waals surface area contributed by atoms with Crippen molar-refractivity contribution >= 4 is 33.5 Å². The second-order valence-electron chi connectivity index (χ2n) is 9.81. The van der Waals surface area contributed by atoms with Crippen molar-refractivity contribution in [3.63, 3.8) is 0 Å². The number of methoxy groups -OCH3 is 2. The maximum absolute atomic E-state index is 12.8. The number of aryl methyl sites for hydroxylation is 1. The lowest BCUT2D eigenvalue weighted by Gasteiger charge is -2.22. The predicted octanol–water partition coefficient (Wildman–Crippen LogP) is 6.15. The summed E-state index contributed by atoms with van der Waals surface area (Å²) in [7, 11) is 5.32. The Bertz CT molecular complexity index is 1710. The third-order valence-electron chi connectivity index (χ3n) is 7.66. The van der Waals surface area contributed by atoms with E-state index in [2.05, 4.69) is 53.9 Å². The summed E-state index contributed by atoms with van der Waals surface area (Å²) in [5.74, 6) is 1.83. The number of carbonyl (C=O) groups excluding carboxylic acids is 1. The van der Waals surface area contributed by atoms with Crippen LogP contribution in [0, 0.1) is 0 Å². The van der Waals surface area contributed by atoms with E-state index in [9.17, 15) is 4.79 Å². The minimum absolute atomic E-state index is 0.259. The fraction of sp³-hybridized carbons (Fsp3) is 0.250. The summed E-state index contributed by atoms with van der Waals surface area (Å²) >= 11 is 0. The van der Waals surface area contributed by atoms with Gasteiger partial charge in [0.15, 0.2) is 11.5 Å². The Morgan fingerprint density at radius 3 is 2.54 bits per heavy atom. The van der Waals surface area contributed by atoms with Crippen molar-refractivity contribution < 1.29 is 19.0 Å². The zero-order chi connectivity index (χ0) is 27.1. The molecule has 6 rings (SSSR count). The molecule has 198 valence electrons. The number of rotatable bonds is 8. The van der Waals surface area contributed by atoms with Gasteiger partial charge < -0.3 is 23.7 Å². The largest absolute Gasteiger partial charge is 0.493 e. The number of esters is 1. The molecule has 0 bridgehead atoms. The van der Waals surface area contributed by atoms with Crippen LogP contribution in [0.4, 0.5) is 5.82 Å². The number of cyclic esters (lactones) is 1. The number of hydrogen-bond acceptors (Lipinski definition) is 6. The van der Waals surface area contributed by atoms with E-state index in [0.29, 0.717) is 17.1 Å². The van der Waals surface area contributed by atoms with Crippen LogP contribution in [0.2, 0.25) is 0 Å². The molecule has 0 saturated carbocycles. The highest BCUT2D eigenvalue weighted by atomic mass is 16.5. The topological polar surface area (TPSA) is 65.8 Å². The van der Waals surface area contributed by atoms with Crippen LogP contribution >= 0.6 is 0 Å². The number of nitrogens with zero attached hydrogens (tertiary/aromatic N) is 3. The normalized spacial score (nSPS) is 12.6. The van der Waals surface area contributed by atoms with Gasteiger partial charge in [-0.1, -0.05) is 18.2 Å². The minimum atomic E-state index is -0.314. The summed E-state index contributed by atoms with van der Waals surface area (Å²) in [6.45, 7) is 4.09. The number of likely N-dealkylation sites (N-methyl/N-ethyl adjacent to an activating group) is 1. The summed E-state index contributed by atoms with van der Waals surface area (Å²) in [5, 5.41) is 3.14. The fourth-order valence-corrected chi connectivity index (χ4v) is 5.68. The highest BCUT2D eigenvalue weighted by Crippen LogP contribution is 2.42. The molecule has 3 aromatic carbocycles. The van der Waals surface area contributed by atoms with Crippen LogP contribution in [0.25, 0.3) is 32.8 Å². The van der Waals surface area contributed by atoms with Gasteiger partial charge in [0.2, 0.25) is 0 Å². The molecular weight excluding hydrogens is 490 g/mol. The van der Waals surface area contributed by atoms with Crippen molar-refractivity contribution in [1.82, 2.24) is 9.55 Å². The van der Waals surface area contributed by atoms with E-state index in [0.717, 1.165) is 52.8 Å². The van der Waals surface area contributed by atoms with Gasteiger partial charge in [-0.2, -0.15) is 0 Å². The molecule has 0 N–H and O–H groups in total. The number of benzene rings is 3. The first kappa shape index (κ1) is 24.8. The number of carbonyl (C=O) groups is 1. The van der Waals surface area contributed by atoms with Crippen molar-refractivity contribution in [1.29, 1.82) is 0 Å². The number of pyridine rings is 1. The van der Waals surface area contributed by atoms with E-state index in [-0.39, 0.29) is 12.6 Å². The monoisotopic (exact) mass is 521 g/mol. The van der Waals surface area contributed by atoms with Crippen molar-refractivity contribution in [2.24, 2.45) is 7.05 Å². The molecule has 0 radical (unpaired) electrons. The van der Waals surface area contributed by atoms with E-state index < -0.39 is 0 Å². The first-order valence-corrected chi connectivity index (χ1v) is 13.2. The first-order chi connectivity index (χ1) is 19.0. The third kappa shape index (κ3) is 4.24. The molecule has 0 aliphatic carbocycles. The number of hydrogen-bond donors (Lipinski definition) is 0. The average Bonchev–Trinajstić information content (AvgIpc) is 3.50. The number of aromatic nitrogens is 2. The van der Waals surface area contributed by atoms with Crippen molar-refractivity contribution in [3.8, 4) is 22.6 Å². The summed E-state index contributed by atoms with van der Waals surface area (Å²) in [6.07, 6.45) is 4.99. The summed E-state index contributed by atoms with van der Waals surface area (Å²) in [6, 6.07) is 18.4. The van der Waals surface area contributed by atoms with Crippen LogP contribution in [-0.2, 0) is 24.8 Å². The molecule has 0 amide bonds. The first-order valence-electron chi connectivity index (χ1n) is 13.2. The van der Waals surface area contributed by atoms with E-state index in [4.69, 9.17) is 19.2 Å². The van der Waals surface area contributed by atoms with Gasteiger partial charge in [0.05, 0.1) is 19.8 Å². The van der Waals surface area contributed by atoms with Crippen LogP contribution in [0.15, 0.2) is 67.0 Å². The molecule has 39 heavy (non-hydrogen) atoms. The third-order valence-corrected chi connectivity index (χ3v) is 7.66. The van der Waals surface area contributed by atoms with Gasteiger partial charge in [0.25, 0.3) is 0 Å². The lowest BCUT2D eigenvalue weighted by Crippen LogP contribution is -2.26. The van der Waals surface area contributed by atoms with Crippen LogP contribution in [0.5, 0.6) is 11.5 Å². The van der Waals surface area contributed by atoms with Crippen LogP contribution in [-0.4, -0.2) is 42.8 Å². The molecule has 0 saturated heterocycles. The van der Waals surface area contributed by atoms with E-state index in [1.54, 1.807) is 14.2 Å². The molecule has 7 heteroatoms. The van der Waals surface area contributed by atoms with Gasteiger partial charge in [-0.25, -0.2) is 9.78 Å². The fourth-order valence-electron chi connectivity index (χ4n) is 5.68. The number of ether oxygens (including phenoxy) is 3. The molecule has 3 heterocycles. The highest BCUT2D eigenvalue weighted by Gasteiger charge is 2.28. The second-order valence-corrected chi connectivity index (χ2v) is 9.81. The zero-order valence-electron chi connectivity index (χ0n) is 22.7. The SMILES string of the molecule is CCN(CCc1cn(C)c2ccccc12)c1ccc(-c2c3c(cc4cc(OC)c(OC)cc24)COC3=O)cn1. The zero-order valence-corrected chi connectivity index (χ0v) is 22.7. The van der Waals surface area contributed by atoms with E-state index in [1.165, 1.54) is 16.5 Å². The molecule has 0 spiro atoms. The van der Waals surface area contributed by atoms with Gasteiger partial charge >= 0.3 is 5.97 Å². The number of para-hydroxylation sites is 1. The van der Waals surface area contributed by atoms with Crippen molar-refractivity contribution in [2.45, 2.75) is 20.0 Å². The van der Waals surface area contributed by atoms with Crippen LogP contribution < -0.4 is 14.4 Å².